The average molecular weight is 316 g/mol. The Morgan fingerprint density at radius 2 is 1.52 bits per heavy atom. The maximum Gasteiger partial charge on any atom is 0.337 e. The highest BCUT2D eigenvalue weighted by Crippen LogP contribution is 2.04. The first-order chi connectivity index (χ1) is 11.1. The highest BCUT2D eigenvalue weighted by atomic mass is 19.1. The zero-order valence-corrected chi connectivity index (χ0v) is 12.3. The van der Waals surface area contributed by atoms with Gasteiger partial charge in [0.2, 0.25) is 0 Å². The number of hydrogen-bond acceptors (Lipinski definition) is 2. The van der Waals surface area contributed by atoms with Crippen LogP contribution in [0.4, 0.5) is 19.7 Å². The van der Waals surface area contributed by atoms with Gasteiger partial charge in [0.1, 0.15) is 5.82 Å². The SMILES string of the molecule is O=C(NCCc1ccc(F)cc1)NNC(=O)Nc1ccccc1. The van der Waals surface area contributed by atoms with Crippen molar-refractivity contribution < 1.29 is 14.0 Å². The lowest BCUT2D eigenvalue weighted by Gasteiger charge is -2.10. The van der Waals surface area contributed by atoms with E-state index in [4.69, 9.17) is 0 Å². The largest absolute Gasteiger partial charge is 0.337 e. The monoisotopic (exact) mass is 316 g/mol. The van der Waals surface area contributed by atoms with Gasteiger partial charge in [0.25, 0.3) is 0 Å². The second kappa shape index (κ2) is 8.38. The van der Waals surface area contributed by atoms with Gasteiger partial charge in [-0.3, -0.25) is 0 Å². The highest BCUT2D eigenvalue weighted by molar-refractivity contribution is 5.90. The van der Waals surface area contributed by atoms with Gasteiger partial charge in [-0.25, -0.2) is 24.8 Å². The summed E-state index contributed by atoms with van der Waals surface area (Å²) in [5, 5.41) is 5.14. The molecule has 23 heavy (non-hydrogen) atoms. The molecule has 2 aromatic carbocycles. The summed E-state index contributed by atoms with van der Waals surface area (Å²) >= 11 is 0. The Kier molecular flexibility index (Phi) is 5.93. The number of amides is 4. The molecule has 0 aromatic heterocycles. The lowest BCUT2D eigenvalue weighted by Crippen LogP contribution is -2.48. The van der Waals surface area contributed by atoms with Crippen molar-refractivity contribution in [3.05, 3.63) is 66.0 Å². The molecule has 0 radical (unpaired) electrons. The van der Waals surface area contributed by atoms with Gasteiger partial charge in [0.15, 0.2) is 0 Å². The summed E-state index contributed by atoms with van der Waals surface area (Å²) in [5.41, 5.74) is 5.97. The number of benzene rings is 2. The Balaban J connectivity index is 1.63. The Labute approximate surface area is 133 Å². The summed E-state index contributed by atoms with van der Waals surface area (Å²) in [5.74, 6) is -0.298. The van der Waals surface area contributed by atoms with E-state index in [2.05, 4.69) is 21.5 Å². The van der Waals surface area contributed by atoms with Crippen LogP contribution in [0.15, 0.2) is 54.6 Å². The summed E-state index contributed by atoms with van der Waals surface area (Å²) in [4.78, 5) is 23.1. The van der Waals surface area contributed by atoms with Gasteiger partial charge in [0.05, 0.1) is 0 Å². The lowest BCUT2D eigenvalue weighted by molar-refractivity contribution is 0.229. The number of carbonyl (C=O) groups excluding carboxylic acids is 2. The summed E-state index contributed by atoms with van der Waals surface area (Å²) in [6, 6.07) is 13.8. The molecular weight excluding hydrogens is 299 g/mol. The van der Waals surface area contributed by atoms with Crippen molar-refractivity contribution in [2.45, 2.75) is 6.42 Å². The van der Waals surface area contributed by atoms with Gasteiger partial charge in [0, 0.05) is 12.2 Å². The van der Waals surface area contributed by atoms with E-state index in [0.717, 1.165) is 5.56 Å². The van der Waals surface area contributed by atoms with Crippen molar-refractivity contribution in [1.29, 1.82) is 0 Å². The number of nitrogens with one attached hydrogen (secondary N) is 4. The molecule has 2 rings (SSSR count). The van der Waals surface area contributed by atoms with E-state index in [9.17, 15) is 14.0 Å². The van der Waals surface area contributed by atoms with Gasteiger partial charge >= 0.3 is 12.1 Å². The summed E-state index contributed by atoms with van der Waals surface area (Å²) < 4.78 is 12.7. The molecule has 0 saturated heterocycles. The standard InChI is InChI=1S/C16H17FN4O2/c17-13-8-6-12(7-9-13)10-11-18-15(22)20-21-16(23)19-14-4-2-1-3-5-14/h1-9H,10-11H2,(H2,18,20,22)(H2,19,21,23). The van der Waals surface area contributed by atoms with E-state index in [1.54, 1.807) is 36.4 Å². The second-order valence-electron chi connectivity index (χ2n) is 4.70. The van der Waals surface area contributed by atoms with Gasteiger partial charge in [-0.15, -0.1) is 0 Å². The fourth-order valence-electron chi connectivity index (χ4n) is 1.81. The minimum atomic E-state index is -0.551. The van der Waals surface area contributed by atoms with Crippen LogP contribution in [0.25, 0.3) is 0 Å². The molecule has 0 bridgehead atoms. The number of para-hydroxylation sites is 1. The van der Waals surface area contributed by atoms with E-state index in [0.29, 0.717) is 18.7 Å². The molecule has 0 fully saturated rings. The fraction of sp³-hybridized carbons (Fsp3) is 0.125. The third-order valence-corrected chi connectivity index (χ3v) is 2.93. The third kappa shape index (κ3) is 6.04. The van der Waals surface area contributed by atoms with Crippen LogP contribution in [0.3, 0.4) is 0 Å². The quantitative estimate of drug-likeness (QED) is 0.653. The highest BCUT2D eigenvalue weighted by Gasteiger charge is 2.04. The fourth-order valence-corrected chi connectivity index (χ4v) is 1.81. The molecule has 4 N–H and O–H groups in total. The molecular formula is C16H17FN4O2. The van der Waals surface area contributed by atoms with Crippen molar-refractivity contribution >= 4 is 17.7 Å². The molecule has 6 nitrogen and oxygen atoms in total. The van der Waals surface area contributed by atoms with E-state index in [1.807, 2.05) is 6.07 Å². The molecule has 0 aliphatic rings. The number of hydrazine groups is 1. The number of urea groups is 2. The molecule has 0 heterocycles. The third-order valence-electron chi connectivity index (χ3n) is 2.93. The van der Waals surface area contributed by atoms with Gasteiger partial charge < -0.3 is 10.6 Å². The van der Waals surface area contributed by atoms with Crippen molar-refractivity contribution in [2.24, 2.45) is 0 Å². The van der Waals surface area contributed by atoms with Crippen LogP contribution in [-0.4, -0.2) is 18.6 Å². The topological polar surface area (TPSA) is 82.3 Å². The predicted octanol–water partition coefficient (Wildman–Crippen LogP) is 2.40. The Morgan fingerprint density at radius 3 is 2.22 bits per heavy atom. The predicted molar refractivity (Wildman–Crippen MR) is 85.2 cm³/mol. The van der Waals surface area contributed by atoms with Gasteiger partial charge in [-0.1, -0.05) is 30.3 Å². The van der Waals surface area contributed by atoms with Crippen LogP contribution in [0.5, 0.6) is 0 Å². The zero-order chi connectivity index (χ0) is 16.5. The van der Waals surface area contributed by atoms with Crippen molar-refractivity contribution in [1.82, 2.24) is 16.2 Å². The zero-order valence-electron chi connectivity index (χ0n) is 12.3. The minimum absolute atomic E-state index is 0.298. The van der Waals surface area contributed by atoms with Gasteiger partial charge in [-0.05, 0) is 36.2 Å². The first-order valence-electron chi connectivity index (χ1n) is 7.04. The maximum atomic E-state index is 12.7. The number of rotatable bonds is 4. The summed E-state index contributed by atoms with van der Waals surface area (Å²) in [6.45, 7) is 0.361. The molecule has 0 spiro atoms. The van der Waals surface area contributed by atoms with E-state index < -0.39 is 12.1 Å². The van der Waals surface area contributed by atoms with Crippen LogP contribution in [-0.2, 0) is 6.42 Å². The lowest BCUT2D eigenvalue weighted by atomic mass is 10.1. The normalized spacial score (nSPS) is 9.78. The van der Waals surface area contributed by atoms with Crippen molar-refractivity contribution in [3.63, 3.8) is 0 Å². The molecule has 0 aliphatic heterocycles. The van der Waals surface area contributed by atoms with Crippen LogP contribution < -0.4 is 21.5 Å². The summed E-state index contributed by atoms with van der Waals surface area (Å²) in [6.07, 6.45) is 0.559. The molecule has 0 saturated carbocycles. The number of anilines is 1. The van der Waals surface area contributed by atoms with Crippen LogP contribution in [0, 0.1) is 5.82 Å². The number of carbonyl (C=O) groups is 2. The number of hydrogen-bond donors (Lipinski definition) is 4. The van der Waals surface area contributed by atoms with Crippen molar-refractivity contribution in [3.8, 4) is 0 Å². The summed E-state index contributed by atoms with van der Waals surface area (Å²) in [7, 11) is 0. The average Bonchev–Trinajstić information content (AvgIpc) is 2.56. The molecule has 2 aromatic rings. The number of halogens is 1. The van der Waals surface area contributed by atoms with E-state index >= 15 is 0 Å². The van der Waals surface area contributed by atoms with E-state index in [-0.39, 0.29) is 5.82 Å². The maximum absolute atomic E-state index is 12.7. The van der Waals surface area contributed by atoms with Crippen LogP contribution in [0.2, 0.25) is 0 Å². The molecule has 4 amide bonds. The Bertz CT molecular complexity index is 647. The second-order valence-corrected chi connectivity index (χ2v) is 4.70. The first-order valence-corrected chi connectivity index (χ1v) is 7.04. The van der Waals surface area contributed by atoms with Crippen molar-refractivity contribution in [2.75, 3.05) is 11.9 Å². The molecule has 0 atom stereocenters. The van der Waals surface area contributed by atoms with E-state index in [1.165, 1.54) is 12.1 Å². The Morgan fingerprint density at radius 1 is 0.870 bits per heavy atom. The smallest absolute Gasteiger partial charge is 0.336 e. The molecule has 0 aliphatic carbocycles. The van der Waals surface area contributed by atoms with Crippen LogP contribution >= 0.6 is 0 Å². The molecule has 0 unspecified atom stereocenters. The molecule has 120 valence electrons. The Hall–Kier alpha value is -3.09. The van der Waals surface area contributed by atoms with Crippen LogP contribution in [0.1, 0.15) is 5.56 Å². The first kappa shape index (κ1) is 16.3. The molecule has 7 heteroatoms. The van der Waals surface area contributed by atoms with Gasteiger partial charge in [-0.2, -0.15) is 0 Å². The minimum Gasteiger partial charge on any atom is -0.336 e.